The lowest BCUT2D eigenvalue weighted by Crippen LogP contribution is -2.51. The summed E-state index contributed by atoms with van der Waals surface area (Å²) in [5.41, 5.74) is 7.12. The minimum absolute atomic E-state index is 0.0252. The number of piperidine rings is 1. The highest BCUT2D eigenvalue weighted by atomic mass is 35.5. The summed E-state index contributed by atoms with van der Waals surface area (Å²) in [5.74, 6) is 0.308. The molecule has 45 heavy (non-hydrogen) atoms. The predicted octanol–water partition coefficient (Wildman–Crippen LogP) is 8.02. The fourth-order valence-corrected chi connectivity index (χ4v) is 6.74. The third-order valence-electron chi connectivity index (χ3n) is 8.92. The standard InChI is InChI=1S/C36H37ClN6O2/c1-36(2,3)34-20-26(16-17-42(34)35(44)45)25-10-7-11-27(19-25)30(18-24-8-5-4-6-9-24)32-14-12-28(22-38-32)31-21-29(37)13-15-33(31)43-23-39-40-41-43/h4-15,19,21-23,26,30,34H,16-18,20H2,1-3H3,(H,44,45). The molecule has 1 aliphatic heterocycles. The molecule has 1 saturated heterocycles. The largest absolute Gasteiger partial charge is 0.465 e. The molecular weight excluding hydrogens is 584 g/mol. The van der Waals surface area contributed by atoms with Crippen LogP contribution in [0, 0.1) is 5.41 Å². The van der Waals surface area contributed by atoms with Crippen molar-refractivity contribution in [1.29, 1.82) is 0 Å². The van der Waals surface area contributed by atoms with Crippen LogP contribution in [0.25, 0.3) is 16.8 Å². The van der Waals surface area contributed by atoms with E-state index in [9.17, 15) is 9.90 Å². The number of hydrogen-bond acceptors (Lipinski definition) is 5. The average molecular weight is 621 g/mol. The van der Waals surface area contributed by atoms with Gasteiger partial charge in [-0.1, -0.05) is 93.0 Å². The van der Waals surface area contributed by atoms with E-state index in [0.29, 0.717) is 11.6 Å². The minimum Gasteiger partial charge on any atom is -0.465 e. The number of amides is 1. The van der Waals surface area contributed by atoms with E-state index in [4.69, 9.17) is 16.6 Å². The van der Waals surface area contributed by atoms with Crippen LogP contribution < -0.4 is 0 Å². The van der Waals surface area contributed by atoms with Gasteiger partial charge in [-0.2, -0.15) is 4.68 Å². The monoisotopic (exact) mass is 620 g/mol. The number of benzene rings is 3. The van der Waals surface area contributed by atoms with Crippen molar-refractivity contribution in [2.45, 2.75) is 57.9 Å². The van der Waals surface area contributed by atoms with Crippen LogP contribution in [0.4, 0.5) is 4.79 Å². The van der Waals surface area contributed by atoms with Crippen LogP contribution in [0.5, 0.6) is 0 Å². The molecule has 0 bridgehead atoms. The summed E-state index contributed by atoms with van der Waals surface area (Å²) in [4.78, 5) is 18.7. The first kappa shape index (κ1) is 30.5. The van der Waals surface area contributed by atoms with E-state index in [-0.39, 0.29) is 23.3 Å². The van der Waals surface area contributed by atoms with Crippen LogP contribution in [0.3, 0.4) is 0 Å². The van der Waals surface area contributed by atoms with Crippen molar-refractivity contribution in [2.75, 3.05) is 6.54 Å². The van der Waals surface area contributed by atoms with Gasteiger partial charge in [0.15, 0.2) is 0 Å². The second-order valence-electron chi connectivity index (χ2n) is 12.9. The summed E-state index contributed by atoms with van der Waals surface area (Å²) in [6.07, 6.45) is 5.04. The van der Waals surface area contributed by atoms with E-state index >= 15 is 0 Å². The zero-order valence-electron chi connectivity index (χ0n) is 25.7. The molecule has 0 radical (unpaired) electrons. The number of tetrazole rings is 1. The topological polar surface area (TPSA) is 97.0 Å². The lowest BCUT2D eigenvalue weighted by atomic mass is 9.74. The van der Waals surface area contributed by atoms with Crippen LogP contribution in [0.1, 0.15) is 67.8 Å². The van der Waals surface area contributed by atoms with Gasteiger partial charge in [0.05, 0.1) is 5.69 Å². The number of rotatable bonds is 7. The lowest BCUT2D eigenvalue weighted by Gasteiger charge is -2.44. The highest BCUT2D eigenvalue weighted by molar-refractivity contribution is 6.31. The van der Waals surface area contributed by atoms with Crippen molar-refractivity contribution in [3.63, 3.8) is 0 Å². The Morgan fingerprint density at radius 3 is 2.53 bits per heavy atom. The Morgan fingerprint density at radius 1 is 1.02 bits per heavy atom. The Kier molecular flexibility index (Phi) is 8.67. The smallest absolute Gasteiger partial charge is 0.407 e. The molecule has 3 heterocycles. The van der Waals surface area contributed by atoms with Crippen molar-refractivity contribution in [3.05, 3.63) is 125 Å². The van der Waals surface area contributed by atoms with Crippen LogP contribution in [-0.2, 0) is 6.42 Å². The zero-order chi connectivity index (χ0) is 31.6. The van der Waals surface area contributed by atoms with Crippen LogP contribution in [0.2, 0.25) is 5.02 Å². The molecule has 1 N–H and O–H groups in total. The second-order valence-corrected chi connectivity index (χ2v) is 13.3. The number of carboxylic acid groups (broad SMARTS) is 1. The van der Waals surface area contributed by atoms with E-state index in [1.807, 2.05) is 30.5 Å². The Bertz CT molecular complexity index is 1750. The molecule has 0 saturated carbocycles. The van der Waals surface area contributed by atoms with Gasteiger partial charge in [-0.15, -0.1) is 5.10 Å². The molecule has 5 aromatic rings. The van der Waals surface area contributed by atoms with Crippen LogP contribution in [-0.4, -0.2) is 53.9 Å². The molecule has 8 nitrogen and oxygen atoms in total. The third kappa shape index (κ3) is 6.76. The lowest BCUT2D eigenvalue weighted by molar-refractivity contribution is 0.0526. The van der Waals surface area contributed by atoms with Gasteiger partial charge in [-0.25, -0.2) is 4.79 Å². The van der Waals surface area contributed by atoms with Gasteiger partial charge in [0.2, 0.25) is 0 Å². The normalized spacial score (nSPS) is 17.6. The van der Waals surface area contributed by atoms with E-state index in [0.717, 1.165) is 41.8 Å². The van der Waals surface area contributed by atoms with Gasteiger partial charge in [-0.05, 0) is 82.0 Å². The summed E-state index contributed by atoms with van der Waals surface area (Å²) in [7, 11) is 0. The van der Waals surface area contributed by atoms with Crippen molar-refractivity contribution in [2.24, 2.45) is 5.41 Å². The molecule has 9 heteroatoms. The van der Waals surface area contributed by atoms with Gasteiger partial charge in [0.1, 0.15) is 6.33 Å². The Labute approximate surface area is 268 Å². The molecule has 1 fully saturated rings. The van der Waals surface area contributed by atoms with Crippen molar-refractivity contribution < 1.29 is 9.90 Å². The molecule has 6 rings (SSSR count). The van der Waals surface area contributed by atoms with Crippen LogP contribution >= 0.6 is 11.6 Å². The number of nitrogens with zero attached hydrogens (tertiary/aromatic N) is 6. The van der Waals surface area contributed by atoms with Gasteiger partial charge >= 0.3 is 6.09 Å². The quantitative estimate of drug-likeness (QED) is 0.198. The maximum Gasteiger partial charge on any atom is 0.407 e. The van der Waals surface area contributed by atoms with Crippen LogP contribution in [0.15, 0.2) is 97.5 Å². The number of hydrogen-bond donors (Lipinski definition) is 1. The summed E-state index contributed by atoms with van der Waals surface area (Å²) in [5, 5.41) is 22.2. The molecule has 230 valence electrons. The first-order chi connectivity index (χ1) is 21.7. The van der Waals surface area contributed by atoms with Gasteiger partial charge in [0, 0.05) is 46.5 Å². The predicted molar refractivity (Wildman–Crippen MR) is 176 cm³/mol. The van der Waals surface area contributed by atoms with Gasteiger partial charge in [0.25, 0.3) is 0 Å². The Balaban J connectivity index is 1.34. The first-order valence-corrected chi connectivity index (χ1v) is 15.7. The zero-order valence-corrected chi connectivity index (χ0v) is 26.5. The van der Waals surface area contributed by atoms with Gasteiger partial charge < -0.3 is 10.0 Å². The molecule has 1 aliphatic rings. The Morgan fingerprint density at radius 2 is 1.84 bits per heavy atom. The molecule has 2 aromatic heterocycles. The molecule has 3 unspecified atom stereocenters. The number of likely N-dealkylation sites (tertiary alicyclic amines) is 1. The van der Waals surface area contributed by atoms with Crippen molar-refractivity contribution in [1.82, 2.24) is 30.1 Å². The summed E-state index contributed by atoms with van der Waals surface area (Å²) in [6, 6.07) is 29.1. The van der Waals surface area contributed by atoms with Crippen molar-refractivity contribution >= 4 is 17.7 Å². The number of carbonyl (C=O) groups is 1. The van der Waals surface area contributed by atoms with E-state index in [2.05, 4.69) is 97.0 Å². The maximum absolute atomic E-state index is 12.0. The number of aromatic nitrogens is 5. The van der Waals surface area contributed by atoms with E-state index in [1.165, 1.54) is 16.7 Å². The molecule has 1 amide bonds. The summed E-state index contributed by atoms with van der Waals surface area (Å²) >= 11 is 6.40. The summed E-state index contributed by atoms with van der Waals surface area (Å²) in [6.45, 7) is 6.94. The maximum atomic E-state index is 12.0. The highest BCUT2D eigenvalue weighted by Gasteiger charge is 2.39. The summed E-state index contributed by atoms with van der Waals surface area (Å²) < 4.78 is 1.62. The second kappa shape index (κ2) is 12.8. The fourth-order valence-electron chi connectivity index (χ4n) is 6.57. The third-order valence-corrected chi connectivity index (χ3v) is 9.16. The SMILES string of the molecule is CC(C)(C)C1CC(c2cccc(C(Cc3ccccc3)c3ccc(-c4cc(Cl)ccc4-n4cnnn4)cn3)c2)CCN1C(=O)O. The fraction of sp³-hybridized carbons (Fsp3) is 0.306. The average Bonchev–Trinajstić information content (AvgIpc) is 3.59. The van der Waals surface area contributed by atoms with E-state index < -0.39 is 6.09 Å². The van der Waals surface area contributed by atoms with Crippen molar-refractivity contribution in [3.8, 4) is 16.8 Å². The van der Waals surface area contributed by atoms with Gasteiger partial charge in [-0.3, -0.25) is 4.98 Å². The molecular formula is C36H37ClN6O2. The molecule has 0 spiro atoms. The molecule has 3 atom stereocenters. The minimum atomic E-state index is -0.831. The van der Waals surface area contributed by atoms with E-state index in [1.54, 1.807) is 15.9 Å². The molecule has 3 aromatic carbocycles. The Hall–Kier alpha value is -4.56. The highest BCUT2D eigenvalue weighted by Crippen LogP contribution is 2.40. The first-order valence-electron chi connectivity index (χ1n) is 15.3. The number of halogens is 1. The number of pyridine rings is 1. The molecule has 0 aliphatic carbocycles.